The van der Waals surface area contributed by atoms with Crippen LogP contribution in [0.15, 0.2) is 53.4 Å². The van der Waals surface area contributed by atoms with Gasteiger partial charge in [0.15, 0.2) is 0 Å². The van der Waals surface area contributed by atoms with Crippen LogP contribution in [-0.2, 0) is 10.0 Å². The Hall–Kier alpha value is -2.18. The minimum absolute atomic E-state index is 0.110. The second-order valence-electron chi connectivity index (χ2n) is 6.87. The number of hydrogen-bond acceptors (Lipinski definition) is 3. The number of nitrogens with zero attached hydrogens (tertiary/aromatic N) is 1. The van der Waals surface area contributed by atoms with Crippen molar-refractivity contribution in [2.24, 2.45) is 5.92 Å². The average Bonchev–Trinajstić information content (AvgIpc) is 2.60. The van der Waals surface area contributed by atoms with E-state index in [1.54, 1.807) is 13.0 Å². The SMILES string of the molecule is Cc1ccc(S(=O)(=O)N(C)C)cc1C(=O)N[C@H](c1ccccc1)C(C)C. The first-order valence-corrected chi connectivity index (χ1v) is 9.97. The Labute approximate surface area is 156 Å². The Morgan fingerprint density at radius 2 is 1.65 bits per heavy atom. The molecule has 0 aromatic heterocycles. The fourth-order valence-electron chi connectivity index (χ4n) is 2.73. The third kappa shape index (κ3) is 4.31. The highest BCUT2D eigenvalue weighted by Crippen LogP contribution is 2.23. The monoisotopic (exact) mass is 374 g/mol. The number of carbonyl (C=O) groups excluding carboxylic acids is 1. The average molecular weight is 375 g/mol. The van der Waals surface area contributed by atoms with Crippen LogP contribution in [0.5, 0.6) is 0 Å². The first-order valence-electron chi connectivity index (χ1n) is 8.53. The first kappa shape index (κ1) is 20.1. The number of aryl methyl sites for hydroxylation is 1. The van der Waals surface area contributed by atoms with Gasteiger partial charge in [-0.1, -0.05) is 50.2 Å². The van der Waals surface area contributed by atoms with Gasteiger partial charge in [-0.3, -0.25) is 4.79 Å². The zero-order chi connectivity index (χ0) is 19.5. The number of rotatable bonds is 6. The van der Waals surface area contributed by atoms with Crippen molar-refractivity contribution >= 4 is 15.9 Å². The highest BCUT2D eigenvalue weighted by Gasteiger charge is 2.23. The first-order chi connectivity index (χ1) is 12.1. The van der Waals surface area contributed by atoms with Crippen LogP contribution in [0.2, 0.25) is 0 Å². The molecular weight excluding hydrogens is 348 g/mol. The summed E-state index contributed by atoms with van der Waals surface area (Å²) in [5, 5.41) is 3.05. The molecule has 1 atom stereocenters. The van der Waals surface area contributed by atoms with Crippen LogP contribution >= 0.6 is 0 Å². The van der Waals surface area contributed by atoms with Gasteiger partial charge in [0.2, 0.25) is 10.0 Å². The van der Waals surface area contributed by atoms with Gasteiger partial charge in [0.05, 0.1) is 10.9 Å². The van der Waals surface area contributed by atoms with Gasteiger partial charge in [-0.05, 0) is 36.1 Å². The lowest BCUT2D eigenvalue weighted by molar-refractivity contribution is 0.0924. The number of nitrogens with one attached hydrogen (secondary N) is 1. The Morgan fingerprint density at radius 1 is 1.04 bits per heavy atom. The molecule has 0 spiro atoms. The van der Waals surface area contributed by atoms with Crippen molar-refractivity contribution in [3.05, 3.63) is 65.2 Å². The minimum atomic E-state index is -3.59. The Morgan fingerprint density at radius 3 is 2.19 bits per heavy atom. The predicted octanol–water partition coefficient (Wildman–Crippen LogP) is 3.37. The lowest BCUT2D eigenvalue weighted by Gasteiger charge is -2.23. The molecular formula is C20H26N2O3S. The van der Waals surface area contributed by atoms with Crippen LogP contribution in [-0.4, -0.2) is 32.7 Å². The van der Waals surface area contributed by atoms with Crippen molar-refractivity contribution in [2.75, 3.05) is 14.1 Å². The van der Waals surface area contributed by atoms with Gasteiger partial charge in [-0.25, -0.2) is 12.7 Å². The van der Waals surface area contributed by atoms with E-state index in [0.717, 1.165) is 15.4 Å². The summed E-state index contributed by atoms with van der Waals surface area (Å²) in [6.07, 6.45) is 0. The van der Waals surface area contributed by atoms with Crippen molar-refractivity contribution in [1.29, 1.82) is 0 Å². The van der Waals surface area contributed by atoms with Gasteiger partial charge in [-0.2, -0.15) is 0 Å². The minimum Gasteiger partial charge on any atom is -0.345 e. The van der Waals surface area contributed by atoms with Crippen LogP contribution in [0, 0.1) is 12.8 Å². The maximum absolute atomic E-state index is 12.9. The highest BCUT2D eigenvalue weighted by molar-refractivity contribution is 7.89. The highest BCUT2D eigenvalue weighted by atomic mass is 32.2. The summed E-state index contributed by atoms with van der Waals surface area (Å²) in [4.78, 5) is 13.0. The number of sulfonamides is 1. The van der Waals surface area contributed by atoms with Crippen molar-refractivity contribution < 1.29 is 13.2 Å². The Bertz CT molecular complexity index is 875. The van der Waals surface area contributed by atoms with E-state index in [2.05, 4.69) is 5.32 Å². The summed E-state index contributed by atoms with van der Waals surface area (Å²) >= 11 is 0. The molecule has 140 valence electrons. The zero-order valence-corrected chi connectivity index (χ0v) is 16.7. The smallest absolute Gasteiger partial charge is 0.252 e. The second-order valence-corrected chi connectivity index (χ2v) is 9.02. The maximum Gasteiger partial charge on any atom is 0.252 e. The van der Waals surface area contributed by atoms with Crippen molar-refractivity contribution in [3.63, 3.8) is 0 Å². The van der Waals surface area contributed by atoms with Crippen molar-refractivity contribution in [2.45, 2.75) is 31.7 Å². The predicted molar refractivity (Wildman–Crippen MR) is 104 cm³/mol. The van der Waals surface area contributed by atoms with Gasteiger partial charge in [-0.15, -0.1) is 0 Å². The van der Waals surface area contributed by atoms with Crippen molar-refractivity contribution in [1.82, 2.24) is 9.62 Å². The van der Waals surface area contributed by atoms with Gasteiger partial charge >= 0.3 is 0 Å². The number of carbonyl (C=O) groups is 1. The van der Waals surface area contributed by atoms with Crippen LogP contribution in [0.25, 0.3) is 0 Å². The van der Waals surface area contributed by atoms with Crippen LogP contribution < -0.4 is 5.32 Å². The summed E-state index contributed by atoms with van der Waals surface area (Å²) in [5.74, 6) is -0.0868. The van der Waals surface area contributed by atoms with Gasteiger partial charge in [0, 0.05) is 19.7 Å². The summed E-state index contributed by atoms with van der Waals surface area (Å²) in [5.41, 5.74) is 2.12. The molecule has 0 unspecified atom stereocenters. The molecule has 0 fully saturated rings. The van der Waals surface area contributed by atoms with Crippen LogP contribution in [0.4, 0.5) is 0 Å². The maximum atomic E-state index is 12.9. The van der Waals surface area contributed by atoms with Crippen LogP contribution in [0.3, 0.4) is 0 Å². The fourth-order valence-corrected chi connectivity index (χ4v) is 3.66. The molecule has 2 aromatic carbocycles. The number of amides is 1. The Kier molecular flexibility index (Phi) is 6.21. The van der Waals surface area contributed by atoms with E-state index in [0.29, 0.717) is 5.56 Å². The van der Waals surface area contributed by atoms with E-state index in [1.165, 1.54) is 26.2 Å². The molecule has 2 aromatic rings. The molecule has 0 heterocycles. The van der Waals surface area contributed by atoms with E-state index >= 15 is 0 Å². The van der Waals surface area contributed by atoms with Gasteiger partial charge < -0.3 is 5.32 Å². The van der Waals surface area contributed by atoms with Crippen molar-refractivity contribution in [3.8, 4) is 0 Å². The second kappa shape index (κ2) is 8.01. The van der Waals surface area contributed by atoms with E-state index in [-0.39, 0.29) is 22.8 Å². The van der Waals surface area contributed by atoms with E-state index in [1.807, 2.05) is 44.2 Å². The lowest BCUT2D eigenvalue weighted by atomic mass is 9.95. The largest absolute Gasteiger partial charge is 0.345 e. The molecule has 0 radical (unpaired) electrons. The molecule has 6 heteroatoms. The summed E-state index contributed by atoms with van der Waals surface area (Å²) in [6, 6.07) is 14.2. The zero-order valence-electron chi connectivity index (χ0n) is 15.9. The molecule has 0 aliphatic rings. The molecule has 0 saturated heterocycles. The molecule has 0 aliphatic heterocycles. The van der Waals surface area contributed by atoms with E-state index in [9.17, 15) is 13.2 Å². The molecule has 1 amide bonds. The Balaban J connectivity index is 2.37. The topological polar surface area (TPSA) is 66.5 Å². The number of benzene rings is 2. The van der Waals surface area contributed by atoms with E-state index < -0.39 is 10.0 Å². The quantitative estimate of drug-likeness (QED) is 0.843. The molecule has 2 rings (SSSR count). The summed E-state index contributed by atoms with van der Waals surface area (Å²) < 4.78 is 25.9. The standard InChI is InChI=1S/C20H26N2O3S/c1-14(2)19(16-9-7-6-8-10-16)21-20(23)18-13-17(12-11-15(18)3)26(24,25)22(4)5/h6-14,19H,1-5H3,(H,21,23)/t19-/m0/s1. The van der Waals surface area contributed by atoms with Gasteiger partial charge in [0.1, 0.15) is 0 Å². The fraction of sp³-hybridized carbons (Fsp3) is 0.350. The molecule has 0 aliphatic carbocycles. The third-order valence-electron chi connectivity index (χ3n) is 4.34. The molecule has 0 saturated carbocycles. The normalized spacial score (nSPS) is 13.0. The number of hydrogen-bond donors (Lipinski definition) is 1. The summed E-state index contributed by atoms with van der Waals surface area (Å²) in [6.45, 7) is 5.88. The molecule has 0 bridgehead atoms. The van der Waals surface area contributed by atoms with Gasteiger partial charge in [0.25, 0.3) is 5.91 Å². The van der Waals surface area contributed by atoms with Crippen LogP contribution in [0.1, 0.15) is 41.4 Å². The van der Waals surface area contributed by atoms with E-state index in [4.69, 9.17) is 0 Å². The summed E-state index contributed by atoms with van der Waals surface area (Å²) in [7, 11) is -0.651. The molecule has 5 nitrogen and oxygen atoms in total. The third-order valence-corrected chi connectivity index (χ3v) is 6.16. The molecule has 1 N–H and O–H groups in total. The lowest BCUT2D eigenvalue weighted by Crippen LogP contribution is -2.32. The molecule has 26 heavy (non-hydrogen) atoms.